The summed E-state index contributed by atoms with van der Waals surface area (Å²) in [5.41, 5.74) is 1.40. The summed E-state index contributed by atoms with van der Waals surface area (Å²) in [5.74, 6) is 0.194. The van der Waals surface area contributed by atoms with E-state index in [1.807, 2.05) is 13.0 Å². The Morgan fingerprint density at radius 1 is 0.943 bits per heavy atom. The average molecular weight is 479 g/mol. The highest BCUT2D eigenvalue weighted by Crippen LogP contribution is 2.30. The van der Waals surface area contributed by atoms with Crippen LogP contribution in [-0.4, -0.2) is 32.2 Å². The average Bonchev–Trinajstić information content (AvgIpc) is 2.87. The number of hydrogen-bond donors (Lipinski definition) is 1. The van der Waals surface area contributed by atoms with Crippen molar-refractivity contribution >= 4 is 23.6 Å². The molecule has 2 aromatic rings. The lowest BCUT2D eigenvalue weighted by Crippen LogP contribution is -2.13. The molecule has 0 fully saturated rings. The minimum Gasteiger partial charge on any atom is -0.490 e. The van der Waals surface area contributed by atoms with E-state index in [4.69, 9.17) is 9.47 Å². The van der Waals surface area contributed by atoms with Gasteiger partial charge in [-0.2, -0.15) is 5.26 Å². The summed E-state index contributed by atoms with van der Waals surface area (Å²) in [7, 11) is 1.30. The number of carbonyl (C=O) groups is 2. The molecule has 0 bridgehead atoms. The molecule has 0 atom stereocenters. The van der Waals surface area contributed by atoms with Gasteiger partial charge in [-0.15, -0.1) is 0 Å². The standard InChI is InChI=1S/C28H34N2O5/c1-4-6-7-8-9-10-17-35-25-16-11-21(19-26(25)34-5-2)18-23(20-29)27(31)30-24-14-12-22(13-15-24)28(32)33-3/h11-16,18-19H,4-10,17H2,1-3H3,(H,30,31). The number of unbranched alkanes of at least 4 members (excludes halogenated alkanes) is 5. The fraction of sp³-hybridized carbons (Fsp3) is 0.393. The minimum atomic E-state index is -0.556. The molecule has 186 valence electrons. The first-order valence-electron chi connectivity index (χ1n) is 12.0. The Kier molecular flexibility index (Phi) is 11.9. The number of hydrogen-bond acceptors (Lipinski definition) is 6. The number of ether oxygens (including phenoxy) is 3. The quantitative estimate of drug-likeness (QED) is 0.151. The Hall–Kier alpha value is -3.79. The number of amides is 1. The Morgan fingerprint density at radius 2 is 1.66 bits per heavy atom. The largest absolute Gasteiger partial charge is 0.490 e. The fourth-order valence-corrected chi connectivity index (χ4v) is 3.39. The Morgan fingerprint density at radius 3 is 2.31 bits per heavy atom. The van der Waals surface area contributed by atoms with Gasteiger partial charge in [0.2, 0.25) is 0 Å². The van der Waals surface area contributed by atoms with Crippen LogP contribution in [0.15, 0.2) is 48.0 Å². The lowest BCUT2D eigenvalue weighted by Gasteiger charge is -2.13. The van der Waals surface area contributed by atoms with Gasteiger partial charge in [0.05, 0.1) is 25.9 Å². The first-order chi connectivity index (χ1) is 17.0. The van der Waals surface area contributed by atoms with Gasteiger partial charge in [-0.25, -0.2) is 4.79 Å². The van der Waals surface area contributed by atoms with E-state index in [2.05, 4.69) is 17.0 Å². The maximum atomic E-state index is 12.6. The molecule has 1 amide bonds. The van der Waals surface area contributed by atoms with Gasteiger partial charge in [-0.1, -0.05) is 45.1 Å². The first kappa shape index (κ1) is 27.5. The van der Waals surface area contributed by atoms with Crippen molar-refractivity contribution in [3.8, 4) is 17.6 Å². The van der Waals surface area contributed by atoms with Gasteiger partial charge in [-0.05, 0) is 61.4 Å². The van der Waals surface area contributed by atoms with Crippen molar-refractivity contribution in [2.75, 3.05) is 25.6 Å². The number of rotatable bonds is 14. The van der Waals surface area contributed by atoms with Crippen LogP contribution >= 0.6 is 0 Å². The molecule has 2 rings (SSSR count). The zero-order valence-electron chi connectivity index (χ0n) is 20.8. The van der Waals surface area contributed by atoms with Crippen LogP contribution in [0.2, 0.25) is 0 Å². The Balaban J connectivity index is 2.04. The third kappa shape index (κ3) is 9.17. The van der Waals surface area contributed by atoms with Crippen LogP contribution in [0.5, 0.6) is 11.5 Å². The summed E-state index contributed by atoms with van der Waals surface area (Å²) in [6, 6.07) is 13.5. The number of nitriles is 1. The molecular weight excluding hydrogens is 444 g/mol. The molecule has 0 aliphatic carbocycles. The number of methoxy groups -OCH3 is 1. The summed E-state index contributed by atoms with van der Waals surface area (Å²) in [6.45, 7) is 5.17. The van der Waals surface area contributed by atoms with Gasteiger partial charge in [-0.3, -0.25) is 4.79 Å². The highest BCUT2D eigenvalue weighted by molar-refractivity contribution is 6.09. The lowest BCUT2D eigenvalue weighted by atomic mass is 10.1. The van der Waals surface area contributed by atoms with Gasteiger partial charge >= 0.3 is 5.97 Å². The molecule has 1 N–H and O–H groups in total. The van der Waals surface area contributed by atoms with Gasteiger partial charge in [0, 0.05) is 5.69 Å². The summed E-state index contributed by atoms with van der Waals surface area (Å²) in [5, 5.41) is 12.2. The van der Waals surface area contributed by atoms with Crippen LogP contribution < -0.4 is 14.8 Å². The van der Waals surface area contributed by atoms with E-state index >= 15 is 0 Å². The molecule has 0 radical (unpaired) electrons. The number of carbonyl (C=O) groups excluding carboxylic acids is 2. The van der Waals surface area contributed by atoms with E-state index < -0.39 is 11.9 Å². The maximum absolute atomic E-state index is 12.6. The maximum Gasteiger partial charge on any atom is 0.337 e. The predicted octanol–water partition coefficient (Wildman–Crippen LogP) is 6.16. The summed E-state index contributed by atoms with van der Waals surface area (Å²) < 4.78 is 16.3. The Bertz CT molecular complexity index is 1040. The van der Waals surface area contributed by atoms with Gasteiger partial charge in [0.15, 0.2) is 11.5 Å². The van der Waals surface area contributed by atoms with Crippen LogP contribution in [0.25, 0.3) is 6.08 Å². The van der Waals surface area contributed by atoms with Crippen LogP contribution in [0, 0.1) is 11.3 Å². The van der Waals surface area contributed by atoms with Crippen molar-refractivity contribution < 1.29 is 23.8 Å². The molecule has 0 saturated heterocycles. The molecule has 0 aliphatic rings. The molecule has 7 heteroatoms. The summed E-state index contributed by atoms with van der Waals surface area (Å²) >= 11 is 0. The Labute approximate surface area is 207 Å². The van der Waals surface area contributed by atoms with Crippen LogP contribution in [0.1, 0.15) is 68.3 Å². The van der Waals surface area contributed by atoms with E-state index in [1.54, 1.807) is 30.3 Å². The van der Waals surface area contributed by atoms with Gasteiger partial charge in [0.25, 0.3) is 5.91 Å². The number of nitrogens with zero attached hydrogens (tertiary/aromatic N) is 1. The number of nitrogens with one attached hydrogen (secondary N) is 1. The second-order valence-corrected chi connectivity index (χ2v) is 7.95. The van der Waals surface area contributed by atoms with Gasteiger partial charge < -0.3 is 19.5 Å². The van der Waals surface area contributed by atoms with E-state index in [9.17, 15) is 14.9 Å². The van der Waals surface area contributed by atoms with Crippen molar-refractivity contribution in [1.29, 1.82) is 5.26 Å². The molecule has 2 aromatic carbocycles. The molecule has 0 unspecified atom stereocenters. The monoisotopic (exact) mass is 478 g/mol. The zero-order valence-corrected chi connectivity index (χ0v) is 20.8. The molecule has 35 heavy (non-hydrogen) atoms. The molecule has 0 heterocycles. The third-order valence-corrected chi connectivity index (χ3v) is 5.26. The van der Waals surface area contributed by atoms with E-state index in [-0.39, 0.29) is 5.57 Å². The number of benzene rings is 2. The zero-order chi connectivity index (χ0) is 25.5. The lowest BCUT2D eigenvalue weighted by molar-refractivity contribution is -0.112. The van der Waals surface area contributed by atoms with Crippen molar-refractivity contribution in [3.63, 3.8) is 0 Å². The van der Waals surface area contributed by atoms with Crippen molar-refractivity contribution in [1.82, 2.24) is 0 Å². The molecule has 0 spiro atoms. The molecule has 0 aliphatic heterocycles. The van der Waals surface area contributed by atoms with Crippen LogP contribution in [-0.2, 0) is 9.53 Å². The van der Waals surface area contributed by atoms with E-state index in [0.29, 0.717) is 41.5 Å². The van der Waals surface area contributed by atoms with Crippen molar-refractivity contribution in [2.24, 2.45) is 0 Å². The number of anilines is 1. The fourth-order valence-electron chi connectivity index (χ4n) is 3.39. The third-order valence-electron chi connectivity index (χ3n) is 5.26. The van der Waals surface area contributed by atoms with Crippen LogP contribution in [0.4, 0.5) is 5.69 Å². The van der Waals surface area contributed by atoms with E-state index in [0.717, 1.165) is 12.8 Å². The number of esters is 1. The van der Waals surface area contributed by atoms with Gasteiger partial charge in [0.1, 0.15) is 11.6 Å². The first-order valence-corrected chi connectivity index (χ1v) is 12.0. The topological polar surface area (TPSA) is 97.7 Å². The molecule has 0 saturated carbocycles. The summed E-state index contributed by atoms with van der Waals surface area (Å²) in [6.07, 6.45) is 8.59. The normalized spacial score (nSPS) is 10.9. The highest BCUT2D eigenvalue weighted by atomic mass is 16.5. The van der Waals surface area contributed by atoms with Crippen LogP contribution in [0.3, 0.4) is 0 Å². The van der Waals surface area contributed by atoms with E-state index in [1.165, 1.54) is 51.0 Å². The predicted molar refractivity (Wildman–Crippen MR) is 136 cm³/mol. The molecular formula is C28H34N2O5. The SMILES string of the molecule is CCCCCCCCOc1ccc(C=C(C#N)C(=O)Nc2ccc(C(=O)OC)cc2)cc1OCC. The second-order valence-electron chi connectivity index (χ2n) is 7.95. The molecule has 0 aromatic heterocycles. The smallest absolute Gasteiger partial charge is 0.337 e. The second kappa shape index (κ2) is 15.2. The molecule has 7 nitrogen and oxygen atoms in total. The highest BCUT2D eigenvalue weighted by Gasteiger charge is 2.12. The minimum absolute atomic E-state index is 0.0646. The van der Waals surface area contributed by atoms with Crippen molar-refractivity contribution in [2.45, 2.75) is 52.4 Å². The summed E-state index contributed by atoms with van der Waals surface area (Å²) in [4.78, 5) is 24.2. The van der Waals surface area contributed by atoms with Crippen molar-refractivity contribution in [3.05, 3.63) is 59.2 Å².